The molecule has 110 valence electrons. The van der Waals surface area contributed by atoms with Crippen LogP contribution in [0.2, 0.25) is 0 Å². The second kappa shape index (κ2) is 5.41. The van der Waals surface area contributed by atoms with E-state index in [1.165, 1.54) is 10.4 Å². The molecule has 1 aromatic rings. The van der Waals surface area contributed by atoms with Gasteiger partial charge in [-0.1, -0.05) is 0 Å². The van der Waals surface area contributed by atoms with Crippen LogP contribution in [0.5, 0.6) is 0 Å². The van der Waals surface area contributed by atoms with E-state index in [1.807, 2.05) is 0 Å². The maximum atomic E-state index is 12.6. The van der Waals surface area contributed by atoms with Crippen LogP contribution in [0.15, 0.2) is 23.1 Å². The van der Waals surface area contributed by atoms with E-state index >= 15 is 0 Å². The molecule has 1 aliphatic rings. The highest BCUT2D eigenvalue weighted by molar-refractivity contribution is 7.89. The molecule has 2 N–H and O–H groups in total. The zero-order valence-corrected chi connectivity index (χ0v) is 12.5. The van der Waals surface area contributed by atoms with Gasteiger partial charge in [0.05, 0.1) is 11.4 Å². The van der Waals surface area contributed by atoms with Crippen LogP contribution >= 0.6 is 0 Å². The van der Waals surface area contributed by atoms with Crippen molar-refractivity contribution in [2.24, 2.45) is 0 Å². The van der Waals surface area contributed by atoms with Crippen LogP contribution in [0.1, 0.15) is 12.0 Å². The first-order chi connectivity index (χ1) is 9.32. The molecule has 1 heterocycles. The van der Waals surface area contributed by atoms with Crippen molar-refractivity contribution in [1.29, 1.82) is 0 Å². The average Bonchev–Trinajstić information content (AvgIpc) is 2.52. The molecule has 1 saturated heterocycles. The second-order valence-electron chi connectivity index (χ2n) is 5.03. The summed E-state index contributed by atoms with van der Waals surface area (Å²) in [6, 6.07) is 4.68. The van der Waals surface area contributed by atoms with Gasteiger partial charge in [-0.2, -0.15) is 4.31 Å². The van der Waals surface area contributed by atoms with E-state index in [0.29, 0.717) is 30.8 Å². The normalized spacial score (nSPS) is 18.1. The molecule has 0 aromatic heterocycles. The molecule has 1 amide bonds. The Hall–Kier alpha value is -1.60. The smallest absolute Gasteiger partial charge is 0.243 e. The lowest BCUT2D eigenvalue weighted by molar-refractivity contribution is -0.129. The number of likely N-dealkylation sites (N-methyl/N-ethyl adjacent to an activating group) is 1. The number of nitrogens with two attached hydrogens (primary N) is 1. The highest BCUT2D eigenvalue weighted by Gasteiger charge is 2.30. The average molecular weight is 297 g/mol. The topological polar surface area (TPSA) is 83.7 Å². The molecule has 7 heteroatoms. The van der Waals surface area contributed by atoms with Crippen LogP contribution in [0.4, 0.5) is 5.69 Å². The third-order valence-electron chi connectivity index (χ3n) is 3.46. The Morgan fingerprint density at radius 2 is 1.95 bits per heavy atom. The summed E-state index contributed by atoms with van der Waals surface area (Å²) in [5, 5.41) is 0. The van der Waals surface area contributed by atoms with Crippen molar-refractivity contribution in [3.05, 3.63) is 23.8 Å². The fourth-order valence-electron chi connectivity index (χ4n) is 2.27. The van der Waals surface area contributed by atoms with Gasteiger partial charge in [-0.25, -0.2) is 8.42 Å². The zero-order valence-electron chi connectivity index (χ0n) is 11.7. The second-order valence-corrected chi connectivity index (χ2v) is 6.94. The van der Waals surface area contributed by atoms with Crippen molar-refractivity contribution >= 4 is 21.6 Å². The van der Waals surface area contributed by atoms with E-state index in [2.05, 4.69) is 0 Å². The largest absolute Gasteiger partial charge is 0.399 e. The van der Waals surface area contributed by atoms with E-state index in [0.717, 1.165) is 0 Å². The summed E-state index contributed by atoms with van der Waals surface area (Å²) in [6.07, 6.45) is 0.634. The quantitative estimate of drug-likeness (QED) is 0.802. The first-order valence-corrected chi connectivity index (χ1v) is 7.86. The van der Waals surface area contributed by atoms with Gasteiger partial charge in [-0.3, -0.25) is 4.79 Å². The van der Waals surface area contributed by atoms with Crippen molar-refractivity contribution < 1.29 is 13.2 Å². The number of nitrogens with zero attached hydrogens (tertiary/aromatic N) is 2. The van der Waals surface area contributed by atoms with Crippen molar-refractivity contribution in [1.82, 2.24) is 9.21 Å². The molecular weight excluding hydrogens is 278 g/mol. The number of hydrogen-bond donors (Lipinski definition) is 1. The minimum absolute atomic E-state index is 0.108. The Morgan fingerprint density at radius 1 is 1.25 bits per heavy atom. The van der Waals surface area contributed by atoms with Crippen molar-refractivity contribution in [3.8, 4) is 0 Å². The Morgan fingerprint density at radius 3 is 2.60 bits per heavy atom. The molecule has 0 bridgehead atoms. The molecule has 0 spiro atoms. The Bertz CT molecular complexity index is 628. The van der Waals surface area contributed by atoms with Gasteiger partial charge in [0.1, 0.15) is 0 Å². The van der Waals surface area contributed by atoms with Crippen molar-refractivity contribution in [2.45, 2.75) is 18.2 Å². The third kappa shape index (κ3) is 2.78. The maximum absolute atomic E-state index is 12.6. The van der Waals surface area contributed by atoms with E-state index in [1.54, 1.807) is 31.0 Å². The van der Waals surface area contributed by atoms with Crippen LogP contribution in [0.3, 0.4) is 0 Å². The van der Waals surface area contributed by atoms with E-state index < -0.39 is 10.0 Å². The van der Waals surface area contributed by atoms with Gasteiger partial charge in [0.15, 0.2) is 0 Å². The highest BCUT2D eigenvalue weighted by atomic mass is 32.2. The summed E-state index contributed by atoms with van der Waals surface area (Å²) >= 11 is 0. The number of nitrogen functional groups attached to an aromatic ring is 1. The molecule has 0 unspecified atom stereocenters. The maximum Gasteiger partial charge on any atom is 0.243 e. The van der Waals surface area contributed by atoms with Gasteiger partial charge in [-0.15, -0.1) is 0 Å². The molecule has 1 fully saturated rings. The summed E-state index contributed by atoms with van der Waals surface area (Å²) in [6.45, 7) is 2.52. The number of aryl methyl sites for hydroxylation is 1. The summed E-state index contributed by atoms with van der Waals surface area (Å²) in [4.78, 5) is 13.6. The van der Waals surface area contributed by atoms with Crippen LogP contribution in [-0.4, -0.2) is 50.2 Å². The molecule has 0 atom stereocenters. The monoisotopic (exact) mass is 297 g/mol. The third-order valence-corrected chi connectivity index (χ3v) is 5.46. The number of anilines is 1. The molecular formula is C13H19N3O3S. The lowest BCUT2D eigenvalue weighted by Crippen LogP contribution is -2.38. The van der Waals surface area contributed by atoms with Crippen molar-refractivity contribution in [3.63, 3.8) is 0 Å². The number of amides is 1. The van der Waals surface area contributed by atoms with Crippen LogP contribution in [0.25, 0.3) is 0 Å². The van der Waals surface area contributed by atoms with Gasteiger partial charge < -0.3 is 10.6 Å². The minimum atomic E-state index is -3.66. The number of carbonyl (C=O) groups is 1. The van der Waals surface area contributed by atoms with Crippen molar-refractivity contribution in [2.75, 3.05) is 32.4 Å². The van der Waals surface area contributed by atoms with Crippen LogP contribution in [0, 0.1) is 6.92 Å². The number of carbonyl (C=O) groups excluding carboxylic acids is 1. The number of rotatable bonds is 2. The predicted molar refractivity (Wildman–Crippen MR) is 76.6 cm³/mol. The molecule has 20 heavy (non-hydrogen) atoms. The van der Waals surface area contributed by atoms with Crippen LogP contribution < -0.4 is 5.73 Å². The summed E-state index contributed by atoms with van der Waals surface area (Å²) in [5.41, 5.74) is 6.76. The molecule has 0 aliphatic carbocycles. The number of benzene rings is 1. The van der Waals surface area contributed by atoms with Gasteiger partial charge in [-0.05, 0) is 37.1 Å². The summed E-state index contributed by atoms with van der Waals surface area (Å²) in [7, 11) is -1.97. The summed E-state index contributed by atoms with van der Waals surface area (Å²) < 4.78 is 26.5. The fraction of sp³-hybridized carbons (Fsp3) is 0.462. The Balaban J connectivity index is 2.36. The lowest BCUT2D eigenvalue weighted by Gasteiger charge is -2.20. The molecule has 0 saturated carbocycles. The molecule has 1 aliphatic heterocycles. The van der Waals surface area contributed by atoms with Gasteiger partial charge >= 0.3 is 0 Å². The SMILES string of the molecule is Cc1cc(N)ccc1S(=O)(=O)N1CCCN(C)C(=O)C1. The number of sulfonamides is 1. The molecule has 1 aromatic carbocycles. The van der Waals surface area contributed by atoms with Gasteiger partial charge in [0, 0.05) is 25.8 Å². The standard InChI is InChI=1S/C13H19N3O3S/c1-10-8-11(14)4-5-12(10)20(18,19)16-7-3-6-15(2)13(17)9-16/h4-5,8H,3,6-7,9,14H2,1-2H3. The first-order valence-electron chi connectivity index (χ1n) is 6.42. The van der Waals surface area contributed by atoms with E-state index in [9.17, 15) is 13.2 Å². The lowest BCUT2D eigenvalue weighted by atomic mass is 10.2. The highest BCUT2D eigenvalue weighted by Crippen LogP contribution is 2.23. The number of hydrogen-bond acceptors (Lipinski definition) is 4. The van der Waals surface area contributed by atoms with Gasteiger partial charge in [0.25, 0.3) is 0 Å². The van der Waals surface area contributed by atoms with E-state index in [4.69, 9.17) is 5.73 Å². The predicted octanol–water partition coefficient (Wildman–Crippen LogP) is 0.430. The Kier molecular flexibility index (Phi) is 4.01. The molecule has 6 nitrogen and oxygen atoms in total. The van der Waals surface area contributed by atoms with E-state index in [-0.39, 0.29) is 17.3 Å². The summed E-state index contributed by atoms with van der Waals surface area (Å²) in [5.74, 6) is -0.181. The first kappa shape index (κ1) is 14.8. The Labute approximate surface area is 119 Å². The minimum Gasteiger partial charge on any atom is -0.399 e. The van der Waals surface area contributed by atoms with Crippen LogP contribution in [-0.2, 0) is 14.8 Å². The molecule has 2 rings (SSSR count). The van der Waals surface area contributed by atoms with Gasteiger partial charge in [0.2, 0.25) is 15.9 Å². The fourth-order valence-corrected chi connectivity index (χ4v) is 3.90. The molecule has 0 radical (unpaired) electrons. The zero-order chi connectivity index (χ0) is 14.9.